The molecular formula is C16H19N7O. The SMILES string of the molecule is Cn1c(=O)n(C)c2c(N3CCN(c4ccccn4)CC3)ncnc21. The molecule has 1 aliphatic rings. The Bertz CT molecular complexity index is 923. The summed E-state index contributed by atoms with van der Waals surface area (Å²) in [6.07, 6.45) is 3.34. The average Bonchev–Trinajstić information content (AvgIpc) is 2.87. The van der Waals surface area contributed by atoms with Crippen molar-refractivity contribution in [2.45, 2.75) is 0 Å². The fraction of sp³-hybridized carbons (Fsp3) is 0.375. The van der Waals surface area contributed by atoms with Crippen LogP contribution in [0.15, 0.2) is 35.5 Å². The molecular weight excluding hydrogens is 306 g/mol. The minimum Gasteiger partial charge on any atom is -0.353 e. The monoisotopic (exact) mass is 325 g/mol. The molecule has 0 bridgehead atoms. The van der Waals surface area contributed by atoms with E-state index in [1.54, 1.807) is 23.2 Å². The normalized spacial score (nSPS) is 15.2. The van der Waals surface area contributed by atoms with E-state index in [1.165, 1.54) is 6.33 Å². The molecule has 24 heavy (non-hydrogen) atoms. The zero-order valence-electron chi connectivity index (χ0n) is 13.8. The predicted octanol–water partition coefficient (Wildman–Crippen LogP) is 0.389. The van der Waals surface area contributed by atoms with Crippen LogP contribution in [0.1, 0.15) is 0 Å². The Hall–Kier alpha value is -2.90. The Kier molecular flexibility index (Phi) is 3.44. The Balaban J connectivity index is 1.64. The topological polar surface area (TPSA) is 72.1 Å². The second-order valence-electron chi connectivity index (χ2n) is 5.93. The van der Waals surface area contributed by atoms with Gasteiger partial charge in [-0.2, -0.15) is 0 Å². The molecule has 0 aliphatic carbocycles. The van der Waals surface area contributed by atoms with Crippen molar-refractivity contribution in [3.8, 4) is 0 Å². The minimum absolute atomic E-state index is 0.0844. The maximum atomic E-state index is 12.2. The van der Waals surface area contributed by atoms with Crippen molar-refractivity contribution in [2.75, 3.05) is 36.0 Å². The standard InChI is InChI=1S/C16H19N7O/c1-20-13-14(21(2)16(20)24)18-11-19-15(13)23-9-7-22(8-10-23)12-5-3-4-6-17-12/h3-6,11H,7-10H2,1-2H3. The molecule has 0 spiro atoms. The number of imidazole rings is 1. The van der Waals surface area contributed by atoms with Gasteiger partial charge in [-0.25, -0.2) is 19.7 Å². The van der Waals surface area contributed by atoms with Crippen LogP contribution in [0, 0.1) is 0 Å². The molecule has 0 unspecified atom stereocenters. The summed E-state index contributed by atoms with van der Waals surface area (Å²) in [5, 5.41) is 0. The fourth-order valence-corrected chi connectivity index (χ4v) is 3.24. The van der Waals surface area contributed by atoms with Gasteiger partial charge in [0.25, 0.3) is 0 Å². The molecule has 1 aliphatic heterocycles. The second-order valence-corrected chi connectivity index (χ2v) is 5.93. The molecule has 1 fully saturated rings. The largest absolute Gasteiger partial charge is 0.353 e. The first kappa shape index (κ1) is 14.7. The van der Waals surface area contributed by atoms with Gasteiger partial charge >= 0.3 is 5.69 Å². The number of anilines is 2. The van der Waals surface area contributed by atoms with Crippen molar-refractivity contribution in [3.63, 3.8) is 0 Å². The van der Waals surface area contributed by atoms with Gasteiger partial charge in [-0.05, 0) is 12.1 Å². The van der Waals surface area contributed by atoms with E-state index in [9.17, 15) is 4.79 Å². The smallest absolute Gasteiger partial charge is 0.329 e. The van der Waals surface area contributed by atoms with Gasteiger partial charge in [0, 0.05) is 46.5 Å². The highest BCUT2D eigenvalue weighted by Gasteiger charge is 2.23. The van der Waals surface area contributed by atoms with Crippen LogP contribution in [0.4, 0.5) is 11.6 Å². The number of fused-ring (bicyclic) bond motifs is 1. The van der Waals surface area contributed by atoms with Crippen LogP contribution in [0.5, 0.6) is 0 Å². The number of hydrogen-bond acceptors (Lipinski definition) is 6. The lowest BCUT2D eigenvalue weighted by Crippen LogP contribution is -2.47. The molecule has 3 aromatic rings. The molecule has 1 saturated heterocycles. The molecule has 4 heterocycles. The van der Waals surface area contributed by atoms with E-state index < -0.39 is 0 Å². The highest BCUT2D eigenvalue weighted by molar-refractivity contribution is 5.84. The van der Waals surface area contributed by atoms with Gasteiger partial charge in [-0.3, -0.25) is 9.13 Å². The number of nitrogens with zero attached hydrogens (tertiary/aromatic N) is 7. The maximum Gasteiger partial charge on any atom is 0.329 e. The molecule has 4 rings (SSSR count). The summed E-state index contributed by atoms with van der Waals surface area (Å²) in [6.45, 7) is 3.38. The summed E-state index contributed by atoms with van der Waals surface area (Å²) in [7, 11) is 3.50. The van der Waals surface area contributed by atoms with Crippen molar-refractivity contribution >= 4 is 22.8 Å². The van der Waals surface area contributed by atoms with Gasteiger partial charge in [-0.1, -0.05) is 6.07 Å². The second kappa shape index (κ2) is 5.63. The Morgan fingerprint density at radius 3 is 2.38 bits per heavy atom. The van der Waals surface area contributed by atoms with E-state index in [0.717, 1.165) is 43.3 Å². The van der Waals surface area contributed by atoms with Crippen LogP contribution in [0.25, 0.3) is 11.2 Å². The average molecular weight is 325 g/mol. The van der Waals surface area contributed by atoms with Crippen molar-refractivity contribution in [3.05, 3.63) is 41.2 Å². The lowest BCUT2D eigenvalue weighted by atomic mass is 10.3. The van der Waals surface area contributed by atoms with E-state index in [2.05, 4.69) is 24.8 Å². The third-order valence-electron chi connectivity index (χ3n) is 4.56. The molecule has 0 saturated carbocycles. The number of hydrogen-bond donors (Lipinski definition) is 0. The predicted molar refractivity (Wildman–Crippen MR) is 92.4 cm³/mol. The Morgan fingerprint density at radius 2 is 1.67 bits per heavy atom. The van der Waals surface area contributed by atoms with Gasteiger partial charge < -0.3 is 9.80 Å². The molecule has 0 atom stereocenters. The lowest BCUT2D eigenvalue weighted by molar-refractivity contribution is 0.641. The summed E-state index contributed by atoms with van der Waals surface area (Å²) >= 11 is 0. The first-order valence-corrected chi connectivity index (χ1v) is 7.94. The summed E-state index contributed by atoms with van der Waals surface area (Å²) < 4.78 is 3.18. The number of rotatable bonds is 2. The number of aromatic nitrogens is 5. The highest BCUT2D eigenvalue weighted by atomic mass is 16.1. The van der Waals surface area contributed by atoms with E-state index >= 15 is 0 Å². The first-order chi connectivity index (χ1) is 11.7. The van der Waals surface area contributed by atoms with Crippen molar-refractivity contribution in [1.29, 1.82) is 0 Å². The fourth-order valence-electron chi connectivity index (χ4n) is 3.24. The maximum absolute atomic E-state index is 12.2. The van der Waals surface area contributed by atoms with Crippen LogP contribution >= 0.6 is 0 Å². The molecule has 0 aromatic carbocycles. The zero-order chi connectivity index (χ0) is 16.7. The summed E-state index contributed by atoms with van der Waals surface area (Å²) in [5.74, 6) is 1.82. The minimum atomic E-state index is -0.0844. The Labute approximate surface area is 139 Å². The third-order valence-corrected chi connectivity index (χ3v) is 4.56. The number of piperazine rings is 1. The molecule has 0 radical (unpaired) electrons. The van der Waals surface area contributed by atoms with Gasteiger partial charge in [0.05, 0.1) is 0 Å². The summed E-state index contributed by atoms with van der Waals surface area (Å²) in [4.78, 5) is 29.8. The summed E-state index contributed by atoms with van der Waals surface area (Å²) in [6, 6.07) is 5.95. The Morgan fingerprint density at radius 1 is 0.917 bits per heavy atom. The molecule has 0 N–H and O–H groups in total. The molecule has 124 valence electrons. The number of aryl methyl sites for hydroxylation is 2. The van der Waals surface area contributed by atoms with Crippen molar-refractivity contribution < 1.29 is 0 Å². The van der Waals surface area contributed by atoms with Crippen molar-refractivity contribution in [1.82, 2.24) is 24.1 Å². The van der Waals surface area contributed by atoms with Crippen LogP contribution < -0.4 is 15.5 Å². The quantitative estimate of drug-likeness (QED) is 0.679. The number of pyridine rings is 1. The molecule has 0 amide bonds. The van der Waals surface area contributed by atoms with Crippen molar-refractivity contribution in [2.24, 2.45) is 14.1 Å². The van der Waals surface area contributed by atoms with E-state index in [-0.39, 0.29) is 5.69 Å². The molecule has 3 aromatic heterocycles. The molecule has 8 heteroatoms. The van der Waals surface area contributed by atoms with Crippen LogP contribution in [0.2, 0.25) is 0 Å². The van der Waals surface area contributed by atoms with Crippen LogP contribution in [-0.2, 0) is 14.1 Å². The van der Waals surface area contributed by atoms with Crippen LogP contribution in [0.3, 0.4) is 0 Å². The van der Waals surface area contributed by atoms with Gasteiger partial charge in [0.1, 0.15) is 17.7 Å². The van der Waals surface area contributed by atoms with E-state index in [0.29, 0.717) is 5.65 Å². The lowest BCUT2D eigenvalue weighted by Gasteiger charge is -2.36. The van der Waals surface area contributed by atoms with Gasteiger partial charge in [-0.15, -0.1) is 0 Å². The van der Waals surface area contributed by atoms with Gasteiger partial charge in [0.15, 0.2) is 11.5 Å². The van der Waals surface area contributed by atoms with Crippen LogP contribution in [-0.4, -0.2) is 50.3 Å². The highest BCUT2D eigenvalue weighted by Crippen LogP contribution is 2.23. The summed E-state index contributed by atoms with van der Waals surface area (Å²) in [5.41, 5.74) is 1.37. The zero-order valence-corrected chi connectivity index (χ0v) is 13.8. The third kappa shape index (κ3) is 2.22. The van der Waals surface area contributed by atoms with Gasteiger partial charge in [0.2, 0.25) is 0 Å². The van der Waals surface area contributed by atoms with E-state index in [1.807, 2.05) is 24.4 Å². The first-order valence-electron chi connectivity index (χ1n) is 7.94. The van der Waals surface area contributed by atoms with E-state index in [4.69, 9.17) is 0 Å². The molecule has 8 nitrogen and oxygen atoms in total.